The van der Waals surface area contributed by atoms with Gasteiger partial charge in [-0.3, -0.25) is 0 Å². The van der Waals surface area contributed by atoms with Gasteiger partial charge in [0, 0.05) is 4.48 Å². The van der Waals surface area contributed by atoms with E-state index in [1.54, 1.807) is 0 Å². The number of hydrogen-bond donors (Lipinski definition) is 0. The number of rotatable bonds is 1. The molecule has 10 heavy (non-hydrogen) atoms. The quantitative estimate of drug-likeness (QED) is 0.646. The molecule has 0 bridgehead atoms. The van der Waals surface area contributed by atoms with Crippen LogP contribution >= 0.6 is 15.9 Å². The van der Waals surface area contributed by atoms with Crippen molar-refractivity contribution in [2.75, 3.05) is 0 Å². The molecule has 0 aliphatic heterocycles. The van der Waals surface area contributed by atoms with Crippen LogP contribution in [0.2, 0.25) is 0 Å². The maximum atomic E-state index is 3.45. The van der Waals surface area contributed by atoms with Gasteiger partial charge < -0.3 is 0 Å². The van der Waals surface area contributed by atoms with Gasteiger partial charge in [-0.1, -0.05) is 52.3 Å². The molecule has 0 saturated heterocycles. The first-order valence-corrected chi connectivity index (χ1v) is 4.01. The smallest absolute Gasteiger partial charge is 0.0205 e. The first-order chi connectivity index (χ1) is 4.84. The topological polar surface area (TPSA) is 0 Å². The van der Waals surface area contributed by atoms with Crippen molar-refractivity contribution in [3.8, 4) is 0 Å². The number of benzene rings is 1. The molecule has 0 nitrogen and oxygen atoms in total. The van der Waals surface area contributed by atoms with Crippen LogP contribution in [0.25, 0.3) is 4.48 Å². The summed E-state index contributed by atoms with van der Waals surface area (Å²) in [5.74, 6) is 0. The molecule has 0 fully saturated rings. The Morgan fingerprint density at radius 1 is 1.30 bits per heavy atom. The van der Waals surface area contributed by atoms with Gasteiger partial charge in [-0.15, -0.1) is 0 Å². The highest BCUT2D eigenvalue weighted by Crippen LogP contribution is 2.19. The summed E-state index contributed by atoms with van der Waals surface area (Å²) in [7, 11) is 0. The molecule has 0 radical (unpaired) electrons. The number of hydrogen-bond acceptors (Lipinski definition) is 0. The molecule has 0 aromatic heterocycles. The Hall–Kier alpha value is -0.560. The van der Waals surface area contributed by atoms with E-state index in [1.165, 1.54) is 5.56 Å². The lowest BCUT2D eigenvalue weighted by Crippen LogP contribution is -1.71. The highest BCUT2D eigenvalue weighted by molar-refractivity contribution is 9.15. The number of halogens is 1. The summed E-state index contributed by atoms with van der Waals surface area (Å²) in [6, 6.07) is 10.2. The van der Waals surface area contributed by atoms with Crippen molar-refractivity contribution in [2.24, 2.45) is 0 Å². The molecule has 0 saturated carbocycles. The lowest BCUT2D eigenvalue weighted by molar-refractivity contribution is 1.64. The summed E-state index contributed by atoms with van der Waals surface area (Å²) in [6.45, 7) is 2.01. The lowest BCUT2D eigenvalue weighted by atomic mass is 10.2. The Morgan fingerprint density at radius 2 is 1.90 bits per heavy atom. The minimum absolute atomic E-state index is 1.15. The molecule has 1 aromatic rings. The monoisotopic (exact) mass is 196 g/mol. The molecular formula is C9H9Br. The number of allylic oxidation sites excluding steroid dienone is 1. The van der Waals surface area contributed by atoms with Gasteiger partial charge in [0.1, 0.15) is 0 Å². The second kappa shape index (κ2) is 3.57. The molecule has 1 rings (SSSR count). The zero-order chi connectivity index (χ0) is 7.40. The van der Waals surface area contributed by atoms with Crippen LogP contribution in [0.3, 0.4) is 0 Å². The molecule has 0 aliphatic carbocycles. The van der Waals surface area contributed by atoms with E-state index in [9.17, 15) is 0 Å². The molecule has 0 aliphatic rings. The summed E-state index contributed by atoms with van der Waals surface area (Å²) in [5, 5.41) is 0. The molecular weight excluding hydrogens is 188 g/mol. The van der Waals surface area contributed by atoms with Gasteiger partial charge in [0.05, 0.1) is 0 Å². The molecule has 0 unspecified atom stereocenters. The third-order valence-electron chi connectivity index (χ3n) is 1.30. The van der Waals surface area contributed by atoms with E-state index in [0.717, 1.165) is 4.48 Å². The second-order valence-corrected chi connectivity index (χ2v) is 2.86. The van der Waals surface area contributed by atoms with Crippen LogP contribution in [0.1, 0.15) is 12.5 Å². The van der Waals surface area contributed by atoms with Crippen LogP contribution in [0.15, 0.2) is 36.4 Å². The van der Waals surface area contributed by atoms with Gasteiger partial charge in [0.2, 0.25) is 0 Å². The SMILES string of the molecule is CC=C(Br)c1ccccc1. The first kappa shape index (κ1) is 7.55. The molecule has 1 aromatic carbocycles. The van der Waals surface area contributed by atoms with E-state index in [2.05, 4.69) is 28.1 Å². The van der Waals surface area contributed by atoms with E-state index in [4.69, 9.17) is 0 Å². The maximum Gasteiger partial charge on any atom is 0.0205 e. The van der Waals surface area contributed by atoms with Crippen molar-refractivity contribution >= 4 is 20.4 Å². The Kier molecular flexibility index (Phi) is 2.69. The summed E-state index contributed by atoms with van der Waals surface area (Å²) >= 11 is 3.45. The summed E-state index contributed by atoms with van der Waals surface area (Å²) in [4.78, 5) is 0. The Bertz CT molecular complexity index is 224. The van der Waals surface area contributed by atoms with E-state index in [0.29, 0.717) is 0 Å². The average molecular weight is 197 g/mol. The largest absolute Gasteiger partial charge is 0.0728 e. The standard InChI is InChI=1S/C9H9Br/c1-2-9(10)8-6-4-3-5-7-8/h2-7H,1H3. The van der Waals surface area contributed by atoms with Crippen molar-refractivity contribution in [2.45, 2.75) is 6.92 Å². The van der Waals surface area contributed by atoms with Gasteiger partial charge in [0.25, 0.3) is 0 Å². The molecule has 0 heterocycles. The third-order valence-corrected chi connectivity index (χ3v) is 2.22. The van der Waals surface area contributed by atoms with E-state index >= 15 is 0 Å². The zero-order valence-corrected chi connectivity index (χ0v) is 7.43. The van der Waals surface area contributed by atoms with E-state index in [-0.39, 0.29) is 0 Å². The van der Waals surface area contributed by atoms with E-state index in [1.807, 2.05) is 31.2 Å². The fourth-order valence-corrected chi connectivity index (χ4v) is 1.03. The minimum Gasteiger partial charge on any atom is -0.0728 e. The average Bonchev–Trinajstić information content (AvgIpc) is 2.05. The highest BCUT2D eigenvalue weighted by atomic mass is 79.9. The molecule has 1 heteroatoms. The molecule has 0 amide bonds. The van der Waals surface area contributed by atoms with Crippen LogP contribution in [0.4, 0.5) is 0 Å². The van der Waals surface area contributed by atoms with Crippen molar-refractivity contribution in [3.05, 3.63) is 42.0 Å². The predicted molar refractivity (Wildman–Crippen MR) is 49.0 cm³/mol. The van der Waals surface area contributed by atoms with Crippen LogP contribution in [0, 0.1) is 0 Å². The van der Waals surface area contributed by atoms with Gasteiger partial charge in [0.15, 0.2) is 0 Å². The van der Waals surface area contributed by atoms with Crippen LogP contribution in [-0.2, 0) is 0 Å². The summed E-state index contributed by atoms with van der Waals surface area (Å²) in [5.41, 5.74) is 1.23. The summed E-state index contributed by atoms with van der Waals surface area (Å²) < 4.78 is 1.15. The van der Waals surface area contributed by atoms with Crippen LogP contribution in [0.5, 0.6) is 0 Å². The minimum atomic E-state index is 1.15. The first-order valence-electron chi connectivity index (χ1n) is 3.22. The normalized spacial score (nSPS) is 11.6. The predicted octanol–water partition coefficient (Wildman–Crippen LogP) is 3.44. The van der Waals surface area contributed by atoms with Gasteiger partial charge in [-0.2, -0.15) is 0 Å². The van der Waals surface area contributed by atoms with Gasteiger partial charge >= 0.3 is 0 Å². The zero-order valence-electron chi connectivity index (χ0n) is 5.84. The molecule has 52 valence electrons. The van der Waals surface area contributed by atoms with Crippen molar-refractivity contribution < 1.29 is 0 Å². The molecule has 0 atom stereocenters. The Labute approximate surface area is 69.7 Å². The van der Waals surface area contributed by atoms with Gasteiger partial charge in [-0.05, 0) is 12.5 Å². The van der Waals surface area contributed by atoms with E-state index < -0.39 is 0 Å². The highest BCUT2D eigenvalue weighted by Gasteiger charge is 1.90. The second-order valence-electron chi connectivity index (χ2n) is 2.00. The lowest BCUT2D eigenvalue weighted by Gasteiger charge is -1.95. The van der Waals surface area contributed by atoms with Gasteiger partial charge in [-0.25, -0.2) is 0 Å². The third kappa shape index (κ3) is 1.71. The fraction of sp³-hybridized carbons (Fsp3) is 0.111. The Morgan fingerprint density at radius 3 is 2.40 bits per heavy atom. The fourth-order valence-electron chi connectivity index (χ4n) is 0.764. The maximum absolute atomic E-state index is 3.45. The van der Waals surface area contributed by atoms with Crippen molar-refractivity contribution in [1.82, 2.24) is 0 Å². The molecule has 0 N–H and O–H groups in total. The molecule has 0 spiro atoms. The van der Waals surface area contributed by atoms with Crippen LogP contribution in [-0.4, -0.2) is 0 Å². The van der Waals surface area contributed by atoms with Crippen LogP contribution < -0.4 is 0 Å². The summed E-state index contributed by atoms with van der Waals surface area (Å²) in [6.07, 6.45) is 2.04. The Balaban J connectivity index is 2.96. The van der Waals surface area contributed by atoms with Crippen molar-refractivity contribution in [3.63, 3.8) is 0 Å². The van der Waals surface area contributed by atoms with Crippen molar-refractivity contribution in [1.29, 1.82) is 0 Å².